The number of hydrogen-bond acceptors (Lipinski definition) is 2. The van der Waals surface area contributed by atoms with Crippen molar-refractivity contribution in [3.8, 4) is 0 Å². The largest absolute Gasteiger partial charge is 0.360 e. The van der Waals surface area contributed by atoms with Crippen molar-refractivity contribution >= 4 is 23.0 Å². The highest BCUT2D eigenvalue weighted by Crippen LogP contribution is 2.36. The lowest BCUT2D eigenvalue weighted by molar-refractivity contribution is 0.115. The Morgan fingerprint density at radius 3 is 2.16 bits per heavy atom. The van der Waals surface area contributed by atoms with Gasteiger partial charge in [-0.15, -0.1) is 0 Å². The van der Waals surface area contributed by atoms with Crippen molar-refractivity contribution in [1.82, 2.24) is 10.2 Å². The number of piperidine rings is 1. The van der Waals surface area contributed by atoms with Crippen LogP contribution >= 0.6 is 12.2 Å². The summed E-state index contributed by atoms with van der Waals surface area (Å²) in [6, 6.07) is 22.8. The van der Waals surface area contributed by atoms with Gasteiger partial charge in [-0.3, -0.25) is 4.90 Å². The van der Waals surface area contributed by atoms with Crippen molar-refractivity contribution in [2.45, 2.75) is 50.4 Å². The van der Waals surface area contributed by atoms with Gasteiger partial charge >= 0.3 is 0 Å². The van der Waals surface area contributed by atoms with E-state index in [-0.39, 0.29) is 0 Å². The maximum atomic E-state index is 5.51. The van der Waals surface area contributed by atoms with Crippen LogP contribution in [0, 0.1) is 0 Å². The molecule has 0 radical (unpaired) electrons. The summed E-state index contributed by atoms with van der Waals surface area (Å²) < 4.78 is 0. The Hall–Kier alpha value is -1.91. The molecule has 0 saturated carbocycles. The molecule has 4 rings (SSSR count). The molecule has 0 aromatic heterocycles. The number of rotatable bonds is 4. The summed E-state index contributed by atoms with van der Waals surface area (Å²) in [5.41, 5.74) is 2.47. The molecule has 2 aromatic carbocycles. The van der Waals surface area contributed by atoms with Crippen LogP contribution in [-0.4, -0.2) is 28.1 Å². The van der Waals surface area contributed by atoms with Crippen LogP contribution in [-0.2, 0) is 6.54 Å². The number of fused-ring (bicyclic) bond motifs is 2. The Labute approximate surface area is 155 Å². The molecule has 0 amide bonds. The minimum atomic E-state index is 0.480. The van der Waals surface area contributed by atoms with E-state index in [2.05, 4.69) is 45.9 Å². The third kappa shape index (κ3) is 4.02. The van der Waals surface area contributed by atoms with Crippen molar-refractivity contribution in [2.24, 2.45) is 0 Å². The molecule has 25 heavy (non-hydrogen) atoms. The molecule has 2 bridgehead atoms. The fourth-order valence-electron chi connectivity index (χ4n) is 4.32. The SMILES string of the molecule is S=C(Nc1ccccc1)NC1CC2CCC(C1)N2Cc1ccccc1. The smallest absolute Gasteiger partial charge is 0.170 e. The molecule has 0 aliphatic carbocycles. The number of nitrogens with zero attached hydrogens (tertiary/aromatic N) is 1. The zero-order valence-electron chi connectivity index (χ0n) is 14.4. The van der Waals surface area contributed by atoms with Crippen LogP contribution < -0.4 is 10.6 Å². The molecule has 2 aliphatic heterocycles. The predicted octanol–water partition coefficient (Wildman–Crippen LogP) is 4.17. The summed E-state index contributed by atoms with van der Waals surface area (Å²) >= 11 is 5.51. The van der Waals surface area contributed by atoms with E-state index in [9.17, 15) is 0 Å². The Balaban J connectivity index is 1.33. The van der Waals surface area contributed by atoms with Gasteiger partial charge in [0.05, 0.1) is 0 Å². The van der Waals surface area contributed by atoms with Crippen LogP contribution in [0.4, 0.5) is 5.69 Å². The highest BCUT2D eigenvalue weighted by Gasteiger charge is 2.40. The second-order valence-electron chi connectivity index (χ2n) is 7.18. The molecule has 2 unspecified atom stereocenters. The highest BCUT2D eigenvalue weighted by atomic mass is 32.1. The minimum Gasteiger partial charge on any atom is -0.360 e. The monoisotopic (exact) mass is 351 g/mol. The quantitative estimate of drug-likeness (QED) is 0.809. The molecule has 2 fully saturated rings. The number of benzene rings is 2. The summed E-state index contributed by atoms with van der Waals surface area (Å²) in [5.74, 6) is 0. The fourth-order valence-corrected chi connectivity index (χ4v) is 4.60. The third-order valence-corrected chi connectivity index (χ3v) is 5.68. The van der Waals surface area contributed by atoms with Crippen molar-refractivity contribution < 1.29 is 0 Å². The first-order valence-electron chi connectivity index (χ1n) is 9.20. The molecule has 2 saturated heterocycles. The van der Waals surface area contributed by atoms with E-state index in [1.807, 2.05) is 30.3 Å². The minimum absolute atomic E-state index is 0.480. The van der Waals surface area contributed by atoms with Gasteiger partial charge in [0.25, 0.3) is 0 Å². The van der Waals surface area contributed by atoms with Crippen molar-refractivity contribution in [2.75, 3.05) is 5.32 Å². The van der Waals surface area contributed by atoms with Gasteiger partial charge in [-0.1, -0.05) is 48.5 Å². The molecule has 130 valence electrons. The molecule has 2 atom stereocenters. The van der Waals surface area contributed by atoms with Gasteiger partial charge in [-0.25, -0.2) is 0 Å². The summed E-state index contributed by atoms with van der Waals surface area (Å²) in [4.78, 5) is 2.71. The summed E-state index contributed by atoms with van der Waals surface area (Å²) in [6.45, 7) is 1.08. The normalized spacial score (nSPS) is 25.5. The lowest BCUT2D eigenvalue weighted by atomic mass is 9.96. The highest BCUT2D eigenvalue weighted by molar-refractivity contribution is 7.80. The standard InChI is InChI=1S/C21H25N3S/c25-21(22-17-9-5-2-6-10-17)23-18-13-19-11-12-20(14-18)24(19)15-16-7-3-1-4-8-16/h1-10,18-20H,11-15H2,(H2,22,23,25). The van der Waals surface area contributed by atoms with E-state index >= 15 is 0 Å². The molecule has 0 spiro atoms. The van der Waals surface area contributed by atoms with E-state index < -0.39 is 0 Å². The summed E-state index contributed by atoms with van der Waals surface area (Å²) in [6.07, 6.45) is 4.99. The first-order chi connectivity index (χ1) is 12.3. The Bertz CT molecular complexity index is 690. The van der Waals surface area contributed by atoms with Crippen LogP contribution in [0.3, 0.4) is 0 Å². The van der Waals surface area contributed by atoms with Gasteiger partial charge in [0, 0.05) is 30.4 Å². The van der Waals surface area contributed by atoms with E-state index in [0.29, 0.717) is 18.1 Å². The van der Waals surface area contributed by atoms with Gasteiger partial charge in [-0.05, 0) is 55.6 Å². The summed E-state index contributed by atoms with van der Waals surface area (Å²) in [7, 11) is 0. The van der Waals surface area contributed by atoms with Crippen LogP contribution in [0.25, 0.3) is 0 Å². The van der Waals surface area contributed by atoms with Gasteiger partial charge in [0.1, 0.15) is 0 Å². The molecule has 2 aromatic rings. The Morgan fingerprint density at radius 1 is 0.920 bits per heavy atom. The van der Waals surface area contributed by atoms with E-state index in [0.717, 1.165) is 17.3 Å². The zero-order valence-corrected chi connectivity index (χ0v) is 15.2. The second kappa shape index (κ2) is 7.54. The van der Waals surface area contributed by atoms with E-state index in [1.54, 1.807) is 0 Å². The number of thiocarbonyl (C=S) groups is 1. The third-order valence-electron chi connectivity index (χ3n) is 5.46. The molecular weight excluding hydrogens is 326 g/mol. The number of anilines is 1. The average Bonchev–Trinajstić information content (AvgIpc) is 2.86. The van der Waals surface area contributed by atoms with E-state index in [4.69, 9.17) is 12.2 Å². The maximum Gasteiger partial charge on any atom is 0.170 e. The van der Waals surface area contributed by atoms with Crippen molar-refractivity contribution in [3.63, 3.8) is 0 Å². The molecular formula is C21H25N3S. The molecule has 3 nitrogen and oxygen atoms in total. The lowest BCUT2D eigenvalue weighted by Gasteiger charge is -2.39. The van der Waals surface area contributed by atoms with E-state index in [1.165, 1.54) is 31.2 Å². The Kier molecular flexibility index (Phi) is 4.99. The zero-order chi connectivity index (χ0) is 17.1. The average molecular weight is 352 g/mol. The predicted molar refractivity (Wildman–Crippen MR) is 108 cm³/mol. The first-order valence-corrected chi connectivity index (χ1v) is 9.61. The molecule has 2 N–H and O–H groups in total. The van der Waals surface area contributed by atoms with Crippen LogP contribution in [0.2, 0.25) is 0 Å². The van der Waals surface area contributed by atoms with Gasteiger partial charge in [0.15, 0.2) is 5.11 Å². The summed E-state index contributed by atoms with van der Waals surface area (Å²) in [5, 5.41) is 7.59. The molecule has 4 heteroatoms. The molecule has 2 aliphatic rings. The lowest BCUT2D eigenvalue weighted by Crippen LogP contribution is -2.50. The Morgan fingerprint density at radius 2 is 1.52 bits per heavy atom. The van der Waals surface area contributed by atoms with Crippen molar-refractivity contribution in [3.05, 3.63) is 66.2 Å². The van der Waals surface area contributed by atoms with Crippen LogP contribution in [0.1, 0.15) is 31.2 Å². The molecule has 2 heterocycles. The number of para-hydroxylation sites is 1. The second-order valence-corrected chi connectivity index (χ2v) is 7.58. The van der Waals surface area contributed by atoms with Gasteiger partial charge < -0.3 is 10.6 Å². The topological polar surface area (TPSA) is 27.3 Å². The van der Waals surface area contributed by atoms with Crippen LogP contribution in [0.15, 0.2) is 60.7 Å². The van der Waals surface area contributed by atoms with Gasteiger partial charge in [-0.2, -0.15) is 0 Å². The maximum absolute atomic E-state index is 5.51. The first kappa shape index (κ1) is 16.6. The number of nitrogens with one attached hydrogen (secondary N) is 2. The van der Waals surface area contributed by atoms with Crippen molar-refractivity contribution in [1.29, 1.82) is 0 Å². The fraction of sp³-hybridized carbons (Fsp3) is 0.381. The number of hydrogen-bond donors (Lipinski definition) is 2. The van der Waals surface area contributed by atoms with Crippen LogP contribution in [0.5, 0.6) is 0 Å². The van der Waals surface area contributed by atoms with Gasteiger partial charge in [0.2, 0.25) is 0 Å².